The number of aryl methyl sites for hydroxylation is 2. The molecule has 0 bridgehead atoms. The summed E-state index contributed by atoms with van der Waals surface area (Å²) in [6.45, 7) is 13.3. The molecule has 0 radical (unpaired) electrons. The van der Waals surface area contributed by atoms with Crippen molar-refractivity contribution in [3.8, 4) is 11.1 Å². The molecule has 1 saturated carbocycles. The topological polar surface area (TPSA) is 159 Å². The minimum Gasteiger partial charge on any atom is -0.444 e. The second-order valence-electron chi connectivity index (χ2n) is 21.5. The van der Waals surface area contributed by atoms with Gasteiger partial charge in [0.1, 0.15) is 16.9 Å². The molecule has 10 rings (SSSR count). The maximum Gasteiger partial charge on any atom is 0.408 e. The Labute approximate surface area is 420 Å². The lowest BCUT2D eigenvalue weighted by Crippen LogP contribution is -2.57. The lowest BCUT2D eigenvalue weighted by Gasteiger charge is -2.45. The normalized spacial score (nSPS) is 20.2. The Morgan fingerprint density at radius 2 is 1.62 bits per heavy atom. The molecule has 382 valence electrons. The quantitative estimate of drug-likeness (QED) is 0.117. The van der Waals surface area contributed by atoms with E-state index in [9.17, 15) is 22.4 Å². The van der Waals surface area contributed by atoms with Gasteiger partial charge in [-0.3, -0.25) is 4.79 Å². The summed E-state index contributed by atoms with van der Waals surface area (Å²) in [5.74, 6) is 0.154. The van der Waals surface area contributed by atoms with Gasteiger partial charge in [-0.1, -0.05) is 35.9 Å². The molecule has 0 spiro atoms. The lowest BCUT2D eigenvalue weighted by molar-refractivity contribution is -0.197. The molecule has 3 aromatic heterocycles. The zero-order chi connectivity index (χ0) is 50.6. The fraction of sp³-hybridized carbons (Fsp3) is 0.491. The number of aromatic nitrogens is 4. The summed E-state index contributed by atoms with van der Waals surface area (Å²) < 4.78 is 71.3. The van der Waals surface area contributed by atoms with Gasteiger partial charge < -0.3 is 38.6 Å². The van der Waals surface area contributed by atoms with Crippen molar-refractivity contribution in [2.24, 2.45) is 7.05 Å². The van der Waals surface area contributed by atoms with Crippen LogP contribution in [0.5, 0.6) is 0 Å². The van der Waals surface area contributed by atoms with Crippen LogP contribution >= 0.6 is 0 Å². The van der Waals surface area contributed by atoms with Gasteiger partial charge in [0.05, 0.1) is 28.8 Å². The van der Waals surface area contributed by atoms with E-state index < -0.39 is 33.1 Å². The third-order valence-corrected chi connectivity index (χ3v) is 16.4. The summed E-state index contributed by atoms with van der Waals surface area (Å²) >= 11 is 0. The van der Waals surface area contributed by atoms with Crippen LogP contribution in [0.2, 0.25) is 0 Å². The van der Waals surface area contributed by atoms with Gasteiger partial charge >= 0.3 is 6.09 Å². The van der Waals surface area contributed by atoms with Crippen LogP contribution in [0.1, 0.15) is 102 Å². The van der Waals surface area contributed by atoms with Gasteiger partial charge in [-0.05, 0) is 146 Å². The van der Waals surface area contributed by atoms with Crippen LogP contribution < -0.4 is 15.8 Å². The van der Waals surface area contributed by atoms with E-state index in [4.69, 9.17) is 28.9 Å². The van der Waals surface area contributed by atoms with E-state index in [1.54, 1.807) is 55.7 Å². The van der Waals surface area contributed by atoms with Crippen molar-refractivity contribution in [1.82, 2.24) is 28.7 Å². The fourth-order valence-corrected chi connectivity index (χ4v) is 11.8. The molecule has 72 heavy (non-hydrogen) atoms. The number of carbonyl (C=O) groups is 1. The summed E-state index contributed by atoms with van der Waals surface area (Å²) in [5, 5.41) is 4.26. The predicted molar refractivity (Wildman–Crippen MR) is 274 cm³/mol. The van der Waals surface area contributed by atoms with Crippen LogP contribution in [0.3, 0.4) is 0 Å². The van der Waals surface area contributed by atoms with E-state index in [0.29, 0.717) is 70.4 Å². The number of pyridine rings is 1. The van der Waals surface area contributed by atoms with Gasteiger partial charge in [0.15, 0.2) is 11.9 Å². The SMILES string of the molecule is Cc1ccc(S(=O)(=O)n2ccc3c(-c4ccc5nc(N6CCC(N7CCC(C)(NC(=O)OC(C)(C)C)CC7)CC6)nc(C(COC6CCCCO6)(OC6CC6)c6ccc(F)cc6)c5c4)cn(C)c(=O)c32)cc1. The molecular formula is C55H66FN7O8S. The summed E-state index contributed by atoms with van der Waals surface area (Å²) in [5.41, 5.74) is 1.41. The molecule has 6 aromatic rings. The number of fused-ring (bicyclic) bond motifs is 2. The number of carbonyl (C=O) groups excluding carboxylic acids is 1. The lowest BCUT2D eigenvalue weighted by atomic mass is 9.87. The molecule has 4 fully saturated rings. The molecule has 4 aliphatic rings. The summed E-state index contributed by atoms with van der Waals surface area (Å²) in [4.78, 5) is 42.3. The highest BCUT2D eigenvalue weighted by molar-refractivity contribution is 7.90. The van der Waals surface area contributed by atoms with Crippen molar-refractivity contribution in [2.75, 3.05) is 44.3 Å². The highest BCUT2D eigenvalue weighted by Crippen LogP contribution is 2.45. The van der Waals surface area contributed by atoms with Crippen molar-refractivity contribution in [1.29, 1.82) is 0 Å². The number of hydrogen-bond acceptors (Lipinski definition) is 12. The monoisotopic (exact) mass is 1000 g/mol. The number of alkyl carbamates (subject to hydrolysis) is 1. The smallest absolute Gasteiger partial charge is 0.408 e. The Morgan fingerprint density at radius 3 is 2.29 bits per heavy atom. The first-order chi connectivity index (χ1) is 34.4. The van der Waals surface area contributed by atoms with Crippen molar-refractivity contribution >= 4 is 43.9 Å². The number of piperidine rings is 2. The van der Waals surface area contributed by atoms with Gasteiger partial charge in [-0.15, -0.1) is 0 Å². The first-order valence-corrected chi connectivity index (χ1v) is 26.8. The highest BCUT2D eigenvalue weighted by atomic mass is 32.2. The van der Waals surface area contributed by atoms with Gasteiger partial charge in [-0.2, -0.15) is 0 Å². The second-order valence-corrected chi connectivity index (χ2v) is 23.3. The highest BCUT2D eigenvalue weighted by Gasteiger charge is 2.46. The van der Waals surface area contributed by atoms with Crippen LogP contribution in [0, 0.1) is 12.7 Å². The molecule has 1 aliphatic carbocycles. The van der Waals surface area contributed by atoms with Crippen LogP contribution in [0.15, 0.2) is 94.9 Å². The Balaban J connectivity index is 1.04. The largest absolute Gasteiger partial charge is 0.444 e. The number of ether oxygens (including phenoxy) is 4. The van der Waals surface area contributed by atoms with Gasteiger partial charge in [-0.25, -0.2) is 31.5 Å². The Kier molecular flexibility index (Phi) is 13.6. The number of nitrogens with one attached hydrogen (secondary N) is 1. The van der Waals surface area contributed by atoms with Gasteiger partial charge in [0.25, 0.3) is 15.6 Å². The maximum atomic E-state index is 14.9. The minimum atomic E-state index is -4.14. The van der Waals surface area contributed by atoms with Crippen LogP contribution in [-0.2, 0) is 41.6 Å². The molecule has 3 aliphatic heterocycles. The average molecular weight is 1000 g/mol. The molecule has 6 heterocycles. The number of anilines is 1. The zero-order valence-electron chi connectivity index (χ0n) is 42.2. The van der Waals surface area contributed by atoms with E-state index in [2.05, 4.69) is 22.0 Å². The molecule has 2 atom stereocenters. The number of nitrogens with zero attached hydrogens (tertiary/aromatic N) is 6. The van der Waals surface area contributed by atoms with Crippen molar-refractivity contribution in [3.05, 3.63) is 118 Å². The number of rotatable bonds is 13. The number of halogens is 1. The van der Waals surface area contributed by atoms with E-state index in [0.717, 1.165) is 80.4 Å². The Morgan fingerprint density at radius 1 is 0.903 bits per heavy atom. The number of likely N-dealkylation sites (tertiary alicyclic amines) is 1. The van der Waals surface area contributed by atoms with Crippen LogP contribution in [0.25, 0.3) is 32.9 Å². The summed E-state index contributed by atoms with van der Waals surface area (Å²) in [6, 6.07) is 20.8. The van der Waals surface area contributed by atoms with E-state index in [-0.39, 0.29) is 40.6 Å². The average Bonchev–Trinajstić information content (AvgIpc) is 4.06. The first kappa shape index (κ1) is 49.8. The zero-order valence-corrected chi connectivity index (χ0v) is 43.0. The molecule has 3 saturated heterocycles. The third-order valence-electron chi connectivity index (χ3n) is 14.7. The molecule has 15 nitrogen and oxygen atoms in total. The van der Waals surface area contributed by atoms with Crippen LogP contribution in [-0.4, -0.2) is 107 Å². The maximum absolute atomic E-state index is 14.9. The Bertz CT molecular complexity index is 3130. The third kappa shape index (κ3) is 10.3. The first-order valence-electron chi connectivity index (χ1n) is 25.4. The summed E-state index contributed by atoms with van der Waals surface area (Å²) in [7, 11) is -2.52. The second kappa shape index (κ2) is 19.6. The molecule has 3 aromatic carbocycles. The van der Waals surface area contributed by atoms with Gasteiger partial charge in [0.2, 0.25) is 5.95 Å². The number of hydrogen-bond donors (Lipinski definition) is 1. The Hall–Kier alpha value is -5.72. The number of amides is 1. The molecule has 17 heteroatoms. The van der Waals surface area contributed by atoms with E-state index >= 15 is 0 Å². The summed E-state index contributed by atoms with van der Waals surface area (Å²) in [6.07, 6.45) is 9.90. The fourth-order valence-electron chi connectivity index (χ4n) is 10.5. The van der Waals surface area contributed by atoms with Crippen LogP contribution in [0.4, 0.5) is 15.1 Å². The molecule has 1 amide bonds. The van der Waals surface area contributed by atoms with Gasteiger partial charge in [0, 0.05) is 80.1 Å². The predicted octanol–water partition coefficient (Wildman–Crippen LogP) is 8.95. The number of benzene rings is 3. The molecule has 2 unspecified atom stereocenters. The van der Waals surface area contributed by atoms with Crippen molar-refractivity contribution < 1.29 is 36.6 Å². The van der Waals surface area contributed by atoms with E-state index in [1.165, 1.54) is 22.9 Å². The molecule has 1 N–H and O–H groups in total. The van der Waals surface area contributed by atoms with E-state index in [1.807, 2.05) is 45.9 Å². The minimum absolute atomic E-state index is 0.0259. The van der Waals surface area contributed by atoms with Crippen molar-refractivity contribution in [2.45, 2.75) is 132 Å². The molecular weight excluding hydrogens is 938 g/mol. The van der Waals surface area contributed by atoms with Crippen molar-refractivity contribution in [3.63, 3.8) is 0 Å². The standard InChI is InChI=1S/C55H66FN7O8S/c1-36-10-19-42(20-11-36)72(66,67)63-29-24-43-45(34-60(6)50(64)48(43)63)37-12-21-46-44(33-37)49(55(70-41-17-18-41,38-13-15-39(56)16-14-38)35-69-47-9-7-8-32-68-47)58-51(57-46)62-27-22-40(23-28-62)61-30-25-54(5,26-31-61)59-52(65)71-53(2,3)4/h10-16,19-21,24,29,33-34,40-41,47H,7-9,17-18,22-23,25-28,30-32,35H2,1-6H3,(H,59,65).